The minimum atomic E-state index is 0.286. The van der Waals surface area contributed by atoms with Crippen molar-refractivity contribution in [1.29, 1.82) is 0 Å². The standard InChI is InChI=1S/C8H15N/c9-8-4-1-7(2-5-8)3-6-8/h7H,1-6,9H2. The Labute approximate surface area is 56.6 Å². The fourth-order valence-corrected chi connectivity index (χ4v) is 2.28. The molecule has 0 aromatic carbocycles. The highest BCUT2D eigenvalue weighted by Crippen LogP contribution is 2.42. The molecule has 0 aromatic rings. The first-order valence-electron chi connectivity index (χ1n) is 4.07. The van der Waals surface area contributed by atoms with Crippen LogP contribution in [0.1, 0.15) is 38.5 Å². The number of rotatable bonds is 0. The molecule has 9 heavy (non-hydrogen) atoms. The Bertz CT molecular complexity index is 98.0. The molecule has 3 saturated carbocycles. The first kappa shape index (κ1) is 5.72. The SMILES string of the molecule is NC12CCC(CC1)CC2. The Kier molecular flexibility index (Phi) is 1.10. The molecule has 0 amide bonds. The molecule has 3 rings (SSSR count). The predicted octanol–water partition coefficient (Wildman–Crippen LogP) is 1.67. The third kappa shape index (κ3) is 0.877. The molecule has 0 heterocycles. The van der Waals surface area contributed by atoms with Crippen LogP contribution in [-0.2, 0) is 0 Å². The monoisotopic (exact) mass is 125 g/mol. The minimum Gasteiger partial charge on any atom is -0.325 e. The maximum atomic E-state index is 6.10. The summed E-state index contributed by atoms with van der Waals surface area (Å²) in [5.41, 5.74) is 6.38. The Morgan fingerprint density at radius 2 is 1.44 bits per heavy atom. The van der Waals surface area contributed by atoms with Gasteiger partial charge < -0.3 is 5.73 Å². The molecule has 0 aromatic heterocycles. The summed E-state index contributed by atoms with van der Waals surface area (Å²) in [6, 6.07) is 0. The first-order chi connectivity index (χ1) is 4.29. The molecule has 3 aliphatic rings. The average Bonchev–Trinajstić information content (AvgIpc) is 1.90. The van der Waals surface area contributed by atoms with Crippen molar-refractivity contribution >= 4 is 0 Å². The quantitative estimate of drug-likeness (QED) is 0.523. The lowest BCUT2D eigenvalue weighted by molar-refractivity contribution is 0.141. The fraction of sp³-hybridized carbons (Fsp3) is 1.00. The molecular formula is C8H15N. The van der Waals surface area contributed by atoms with Crippen LogP contribution < -0.4 is 5.73 Å². The van der Waals surface area contributed by atoms with E-state index in [0.717, 1.165) is 5.92 Å². The normalized spacial score (nSPS) is 49.7. The number of hydrogen-bond donors (Lipinski definition) is 1. The second-order valence-electron chi connectivity index (χ2n) is 3.84. The molecule has 2 bridgehead atoms. The third-order valence-corrected chi connectivity index (χ3v) is 3.15. The van der Waals surface area contributed by atoms with Crippen LogP contribution in [-0.4, -0.2) is 5.54 Å². The second-order valence-corrected chi connectivity index (χ2v) is 3.84. The first-order valence-corrected chi connectivity index (χ1v) is 4.07. The van der Waals surface area contributed by atoms with E-state index >= 15 is 0 Å². The van der Waals surface area contributed by atoms with Crippen molar-refractivity contribution < 1.29 is 0 Å². The van der Waals surface area contributed by atoms with E-state index in [9.17, 15) is 0 Å². The molecule has 0 radical (unpaired) electrons. The summed E-state index contributed by atoms with van der Waals surface area (Å²) in [5.74, 6) is 1.05. The number of nitrogens with two attached hydrogens (primary N) is 1. The molecular weight excluding hydrogens is 110 g/mol. The van der Waals surface area contributed by atoms with Gasteiger partial charge in [-0.05, 0) is 44.4 Å². The van der Waals surface area contributed by atoms with Crippen LogP contribution in [0.3, 0.4) is 0 Å². The van der Waals surface area contributed by atoms with E-state index in [1.54, 1.807) is 0 Å². The minimum absolute atomic E-state index is 0.286. The Hall–Kier alpha value is -0.0400. The molecule has 0 unspecified atom stereocenters. The summed E-state index contributed by atoms with van der Waals surface area (Å²) in [6.45, 7) is 0. The van der Waals surface area contributed by atoms with E-state index in [0.29, 0.717) is 0 Å². The van der Waals surface area contributed by atoms with E-state index in [1.807, 2.05) is 0 Å². The Balaban J connectivity index is 2.11. The Morgan fingerprint density at radius 1 is 1.00 bits per heavy atom. The lowest BCUT2D eigenvalue weighted by Gasteiger charge is -2.43. The molecule has 2 N–H and O–H groups in total. The smallest absolute Gasteiger partial charge is 0.0154 e. The van der Waals surface area contributed by atoms with Gasteiger partial charge in [0.2, 0.25) is 0 Å². The molecule has 3 aliphatic carbocycles. The van der Waals surface area contributed by atoms with Gasteiger partial charge in [-0.15, -0.1) is 0 Å². The van der Waals surface area contributed by atoms with Crippen molar-refractivity contribution in [1.82, 2.24) is 0 Å². The van der Waals surface area contributed by atoms with Crippen molar-refractivity contribution in [2.45, 2.75) is 44.1 Å². The van der Waals surface area contributed by atoms with Crippen LogP contribution in [0.5, 0.6) is 0 Å². The Morgan fingerprint density at radius 3 is 1.67 bits per heavy atom. The summed E-state index contributed by atoms with van der Waals surface area (Å²) < 4.78 is 0. The van der Waals surface area contributed by atoms with Crippen LogP contribution in [0.25, 0.3) is 0 Å². The summed E-state index contributed by atoms with van der Waals surface area (Å²) in [5, 5.41) is 0. The zero-order valence-corrected chi connectivity index (χ0v) is 5.90. The van der Waals surface area contributed by atoms with Crippen LogP contribution in [0, 0.1) is 5.92 Å². The third-order valence-electron chi connectivity index (χ3n) is 3.15. The molecule has 0 spiro atoms. The zero-order valence-electron chi connectivity index (χ0n) is 5.90. The zero-order chi connectivity index (χ0) is 6.32. The van der Waals surface area contributed by atoms with E-state index < -0.39 is 0 Å². The van der Waals surface area contributed by atoms with Gasteiger partial charge in [0.1, 0.15) is 0 Å². The van der Waals surface area contributed by atoms with E-state index in [1.165, 1.54) is 38.5 Å². The summed E-state index contributed by atoms with van der Waals surface area (Å²) in [7, 11) is 0. The van der Waals surface area contributed by atoms with Crippen LogP contribution in [0.4, 0.5) is 0 Å². The highest BCUT2D eigenvalue weighted by atomic mass is 14.8. The van der Waals surface area contributed by atoms with Gasteiger partial charge in [0.15, 0.2) is 0 Å². The number of fused-ring (bicyclic) bond motifs is 3. The van der Waals surface area contributed by atoms with Gasteiger partial charge >= 0.3 is 0 Å². The van der Waals surface area contributed by atoms with Gasteiger partial charge in [-0.3, -0.25) is 0 Å². The van der Waals surface area contributed by atoms with Crippen LogP contribution in [0.2, 0.25) is 0 Å². The fourth-order valence-electron chi connectivity index (χ4n) is 2.28. The van der Waals surface area contributed by atoms with Gasteiger partial charge in [-0.25, -0.2) is 0 Å². The van der Waals surface area contributed by atoms with Crippen LogP contribution in [0.15, 0.2) is 0 Å². The number of hydrogen-bond acceptors (Lipinski definition) is 1. The van der Waals surface area contributed by atoms with E-state index in [2.05, 4.69) is 0 Å². The largest absolute Gasteiger partial charge is 0.325 e. The molecule has 0 atom stereocenters. The lowest BCUT2D eigenvalue weighted by atomic mass is 9.66. The highest BCUT2D eigenvalue weighted by Gasteiger charge is 2.36. The molecule has 0 saturated heterocycles. The summed E-state index contributed by atoms with van der Waals surface area (Å²) in [6.07, 6.45) is 8.15. The topological polar surface area (TPSA) is 26.0 Å². The summed E-state index contributed by atoms with van der Waals surface area (Å²) >= 11 is 0. The van der Waals surface area contributed by atoms with Gasteiger partial charge in [0.05, 0.1) is 0 Å². The molecule has 52 valence electrons. The molecule has 1 heteroatoms. The molecule has 0 aliphatic heterocycles. The van der Waals surface area contributed by atoms with E-state index in [4.69, 9.17) is 5.73 Å². The van der Waals surface area contributed by atoms with Gasteiger partial charge in [-0.1, -0.05) is 0 Å². The van der Waals surface area contributed by atoms with Crippen molar-refractivity contribution in [2.75, 3.05) is 0 Å². The highest BCUT2D eigenvalue weighted by molar-refractivity contribution is 4.95. The van der Waals surface area contributed by atoms with E-state index in [-0.39, 0.29) is 5.54 Å². The molecule has 1 nitrogen and oxygen atoms in total. The van der Waals surface area contributed by atoms with Gasteiger partial charge in [0, 0.05) is 5.54 Å². The van der Waals surface area contributed by atoms with Crippen molar-refractivity contribution in [3.05, 3.63) is 0 Å². The molecule has 3 fully saturated rings. The van der Waals surface area contributed by atoms with Gasteiger partial charge in [0.25, 0.3) is 0 Å². The van der Waals surface area contributed by atoms with Crippen molar-refractivity contribution in [2.24, 2.45) is 11.7 Å². The van der Waals surface area contributed by atoms with Crippen LogP contribution >= 0.6 is 0 Å². The van der Waals surface area contributed by atoms with Gasteiger partial charge in [-0.2, -0.15) is 0 Å². The maximum Gasteiger partial charge on any atom is 0.0154 e. The lowest BCUT2D eigenvalue weighted by Crippen LogP contribution is -2.47. The predicted molar refractivity (Wildman–Crippen MR) is 38.1 cm³/mol. The summed E-state index contributed by atoms with van der Waals surface area (Å²) in [4.78, 5) is 0. The maximum absolute atomic E-state index is 6.10. The van der Waals surface area contributed by atoms with Crippen molar-refractivity contribution in [3.8, 4) is 0 Å². The van der Waals surface area contributed by atoms with Crippen molar-refractivity contribution in [3.63, 3.8) is 0 Å². The average molecular weight is 125 g/mol. The second kappa shape index (κ2) is 1.72.